The van der Waals surface area contributed by atoms with Gasteiger partial charge in [0.05, 0.1) is 19.3 Å². The molecule has 0 spiro atoms. The van der Waals surface area contributed by atoms with Crippen molar-refractivity contribution in [2.75, 3.05) is 30.4 Å². The van der Waals surface area contributed by atoms with Gasteiger partial charge in [0.15, 0.2) is 0 Å². The zero-order valence-electron chi connectivity index (χ0n) is 11.2. The first kappa shape index (κ1) is 16.3. The molecule has 0 bridgehead atoms. The minimum Gasteiger partial charge on any atom is -0.495 e. The average Bonchev–Trinajstić information content (AvgIpc) is 2.84. The number of nitrogens with zero attached hydrogens (tertiary/aromatic N) is 1. The highest BCUT2D eigenvalue weighted by molar-refractivity contribution is 5.98. The Balaban J connectivity index is 0.00000200. The quantitative estimate of drug-likeness (QED) is 0.873. The van der Waals surface area contributed by atoms with Gasteiger partial charge in [-0.2, -0.15) is 0 Å². The van der Waals surface area contributed by atoms with Gasteiger partial charge in [0.2, 0.25) is 11.8 Å². The molecule has 1 aromatic rings. The van der Waals surface area contributed by atoms with Crippen LogP contribution in [0.15, 0.2) is 18.2 Å². The van der Waals surface area contributed by atoms with Crippen molar-refractivity contribution in [1.29, 1.82) is 0 Å². The van der Waals surface area contributed by atoms with Gasteiger partial charge in [0.25, 0.3) is 0 Å². The highest BCUT2D eigenvalue weighted by atomic mass is 35.5. The second-order valence-electron chi connectivity index (χ2n) is 4.29. The number of nitrogens with two attached hydrogens (primary N) is 1. The smallest absolute Gasteiger partial charge is 0.238 e. The molecule has 0 saturated carbocycles. The van der Waals surface area contributed by atoms with E-state index in [1.807, 2.05) is 0 Å². The lowest BCUT2D eigenvalue weighted by Crippen LogP contribution is -2.25. The van der Waals surface area contributed by atoms with Crippen LogP contribution in [0.1, 0.15) is 12.8 Å². The van der Waals surface area contributed by atoms with Gasteiger partial charge in [-0.3, -0.25) is 9.59 Å². The van der Waals surface area contributed by atoms with Crippen molar-refractivity contribution >= 4 is 35.6 Å². The lowest BCUT2D eigenvalue weighted by molar-refractivity contribution is -0.117. The minimum atomic E-state index is -0.274. The standard InChI is InChI=1S/C13H17N3O3.ClH/c1-19-11-5-4-9(15-12(17)8-14)7-10(11)16-6-2-3-13(16)18;/h4-5,7H,2-3,6,8,14H2,1H3,(H,15,17);1H. The number of hydrogen-bond acceptors (Lipinski definition) is 4. The molecule has 3 N–H and O–H groups in total. The molecule has 20 heavy (non-hydrogen) atoms. The molecule has 2 amide bonds. The monoisotopic (exact) mass is 299 g/mol. The number of carbonyl (C=O) groups is 2. The van der Waals surface area contributed by atoms with Gasteiger partial charge in [0.1, 0.15) is 5.75 Å². The number of nitrogens with one attached hydrogen (secondary N) is 1. The second kappa shape index (κ2) is 7.12. The Morgan fingerprint density at radius 1 is 1.50 bits per heavy atom. The van der Waals surface area contributed by atoms with Crippen molar-refractivity contribution in [2.24, 2.45) is 5.73 Å². The SMILES string of the molecule is COc1ccc(NC(=O)CN)cc1N1CCCC1=O.Cl. The fourth-order valence-corrected chi connectivity index (χ4v) is 2.09. The molecule has 0 radical (unpaired) electrons. The van der Waals surface area contributed by atoms with E-state index in [2.05, 4.69) is 5.32 Å². The van der Waals surface area contributed by atoms with E-state index >= 15 is 0 Å². The lowest BCUT2D eigenvalue weighted by Gasteiger charge is -2.20. The summed E-state index contributed by atoms with van der Waals surface area (Å²) in [6.07, 6.45) is 1.38. The number of methoxy groups -OCH3 is 1. The van der Waals surface area contributed by atoms with Crippen LogP contribution in [0.4, 0.5) is 11.4 Å². The normalized spacial score (nSPS) is 13.9. The van der Waals surface area contributed by atoms with Crippen molar-refractivity contribution < 1.29 is 14.3 Å². The zero-order valence-corrected chi connectivity index (χ0v) is 12.0. The summed E-state index contributed by atoms with van der Waals surface area (Å²) in [5.41, 5.74) is 6.54. The van der Waals surface area contributed by atoms with Crippen LogP contribution in [-0.2, 0) is 9.59 Å². The number of carbonyl (C=O) groups excluding carboxylic acids is 2. The van der Waals surface area contributed by atoms with Crippen LogP contribution < -0.4 is 20.7 Å². The third-order valence-electron chi connectivity index (χ3n) is 3.01. The van der Waals surface area contributed by atoms with Gasteiger partial charge in [-0.05, 0) is 24.6 Å². The summed E-state index contributed by atoms with van der Waals surface area (Å²) in [7, 11) is 1.55. The number of hydrogen-bond donors (Lipinski definition) is 2. The van der Waals surface area contributed by atoms with Crippen LogP contribution in [0.25, 0.3) is 0 Å². The van der Waals surface area contributed by atoms with Gasteiger partial charge >= 0.3 is 0 Å². The number of anilines is 2. The maximum absolute atomic E-state index is 11.8. The molecule has 1 heterocycles. The molecule has 2 rings (SSSR count). The Bertz CT molecular complexity index is 508. The number of halogens is 1. The van der Waals surface area contributed by atoms with Crippen molar-refractivity contribution in [3.63, 3.8) is 0 Å². The van der Waals surface area contributed by atoms with E-state index in [4.69, 9.17) is 10.5 Å². The Hall–Kier alpha value is -1.79. The van der Waals surface area contributed by atoms with E-state index in [1.165, 1.54) is 0 Å². The molecular formula is C13H18ClN3O3. The molecule has 0 atom stereocenters. The molecule has 0 aromatic heterocycles. The number of benzene rings is 1. The largest absolute Gasteiger partial charge is 0.495 e. The van der Waals surface area contributed by atoms with E-state index in [0.29, 0.717) is 30.1 Å². The van der Waals surface area contributed by atoms with Crippen LogP contribution in [0.3, 0.4) is 0 Å². The first-order chi connectivity index (χ1) is 9.15. The van der Waals surface area contributed by atoms with Gasteiger partial charge in [0, 0.05) is 18.7 Å². The first-order valence-corrected chi connectivity index (χ1v) is 6.14. The molecule has 0 unspecified atom stereocenters. The first-order valence-electron chi connectivity index (χ1n) is 6.14. The van der Waals surface area contributed by atoms with E-state index in [0.717, 1.165) is 6.42 Å². The zero-order chi connectivity index (χ0) is 13.8. The van der Waals surface area contributed by atoms with Crippen molar-refractivity contribution in [3.05, 3.63) is 18.2 Å². The fraction of sp³-hybridized carbons (Fsp3) is 0.385. The summed E-state index contributed by atoms with van der Waals surface area (Å²) in [4.78, 5) is 24.8. The molecule has 6 nitrogen and oxygen atoms in total. The topological polar surface area (TPSA) is 84.7 Å². The van der Waals surface area contributed by atoms with Crippen LogP contribution >= 0.6 is 12.4 Å². The summed E-state index contributed by atoms with van der Waals surface area (Å²) in [5.74, 6) is 0.408. The molecule has 1 aromatic carbocycles. The lowest BCUT2D eigenvalue weighted by atomic mass is 10.2. The molecule has 1 saturated heterocycles. The highest BCUT2D eigenvalue weighted by Crippen LogP contribution is 2.33. The molecular weight excluding hydrogens is 282 g/mol. The fourth-order valence-electron chi connectivity index (χ4n) is 2.09. The van der Waals surface area contributed by atoms with Crippen molar-refractivity contribution in [3.8, 4) is 5.75 Å². The predicted molar refractivity (Wildman–Crippen MR) is 79.5 cm³/mol. The predicted octanol–water partition coefficient (Wildman–Crippen LogP) is 1.14. The van der Waals surface area contributed by atoms with Crippen molar-refractivity contribution in [1.82, 2.24) is 0 Å². The molecule has 0 aliphatic carbocycles. The third kappa shape index (κ3) is 3.40. The van der Waals surface area contributed by atoms with Crippen LogP contribution in [0.5, 0.6) is 5.75 Å². The molecule has 110 valence electrons. The summed E-state index contributed by atoms with van der Waals surface area (Å²) in [6.45, 7) is 0.591. The highest BCUT2D eigenvalue weighted by Gasteiger charge is 2.24. The molecule has 1 fully saturated rings. The summed E-state index contributed by atoms with van der Waals surface area (Å²) in [5, 5.41) is 2.66. The Morgan fingerprint density at radius 3 is 2.80 bits per heavy atom. The number of ether oxygens (including phenoxy) is 1. The van der Waals surface area contributed by atoms with Gasteiger partial charge in [-0.1, -0.05) is 0 Å². The van der Waals surface area contributed by atoms with E-state index in [-0.39, 0.29) is 30.8 Å². The molecule has 7 heteroatoms. The Morgan fingerprint density at radius 2 is 2.25 bits per heavy atom. The van der Waals surface area contributed by atoms with Crippen LogP contribution in [0.2, 0.25) is 0 Å². The van der Waals surface area contributed by atoms with Gasteiger partial charge in [-0.25, -0.2) is 0 Å². The van der Waals surface area contributed by atoms with E-state index in [9.17, 15) is 9.59 Å². The van der Waals surface area contributed by atoms with Gasteiger partial charge < -0.3 is 20.7 Å². The second-order valence-corrected chi connectivity index (χ2v) is 4.29. The summed E-state index contributed by atoms with van der Waals surface area (Å²) < 4.78 is 5.26. The minimum absolute atomic E-state index is 0. The van der Waals surface area contributed by atoms with Gasteiger partial charge in [-0.15, -0.1) is 12.4 Å². The summed E-state index contributed by atoms with van der Waals surface area (Å²) in [6, 6.07) is 5.18. The number of amides is 2. The van der Waals surface area contributed by atoms with E-state index in [1.54, 1.807) is 30.2 Å². The maximum Gasteiger partial charge on any atom is 0.238 e. The maximum atomic E-state index is 11.8. The molecule has 1 aliphatic rings. The van der Waals surface area contributed by atoms with Crippen LogP contribution in [0, 0.1) is 0 Å². The Labute approximate surface area is 123 Å². The van der Waals surface area contributed by atoms with Crippen LogP contribution in [-0.4, -0.2) is 32.0 Å². The van der Waals surface area contributed by atoms with Crippen molar-refractivity contribution in [2.45, 2.75) is 12.8 Å². The third-order valence-corrected chi connectivity index (χ3v) is 3.01. The average molecular weight is 300 g/mol. The summed E-state index contributed by atoms with van der Waals surface area (Å²) >= 11 is 0. The van der Waals surface area contributed by atoms with E-state index < -0.39 is 0 Å². The Kier molecular flexibility index (Phi) is 5.79. The number of rotatable bonds is 4. The molecule has 1 aliphatic heterocycles.